The van der Waals surface area contributed by atoms with Crippen molar-refractivity contribution in [2.24, 2.45) is 0 Å². The van der Waals surface area contributed by atoms with Gasteiger partial charge in [0.05, 0.1) is 6.61 Å². The van der Waals surface area contributed by atoms with Crippen LogP contribution in [-0.2, 0) is 10.3 Å². The number of halogens is 2. The first-order valence-corrected chi connectivity index (χ1v) is 6.68. The highest BCUT2D eigenvalue weighted by atomic mass is 19.1. The van der Waals surface area contributed by atoms with Crippen LogP contribution in [0.2, 0.25) is 0 Å². The van der Waals surface area contributed by atoms with Crippen LogP contribution in [0.25, 0.3) is 0 Å². The molecule has 0 unspecified atom stereocenters. The number of benzene rings is 2. The van der Waals surface area contributed by atoms with Crippen molar-refractivity contribution in [2.75, 3.05) is 6.61 Å². The molecule has 1 heterocycles. The van der Waals surface area contributed by atoms with Gasteiger partial charge in [0, 0.05) is 6.42 Å². The molecule has 108 valence electrons. The molecule has 0 spiro atoms. The lowest BCUT2D eigenvalue weighted by atomic mass is 9.84. The minimum Gasteiger partial charge on any atom is -0.494 e. The van der Waals surface area contributed by atoms with E-state index in [9.17, 15) is 13.9 Å². The van der Waals surface area contributed by atoms with Gasteiger partial charge in [-0.1, -0.05) is 24.3 Å². The first-order chi connectivity index (χ1) is 10.1. The quantitative estimate of drug-likeness (QED) is 0.936. The summed E-state index contributed by atoms with van der Waals surface area (Å²) >= 11 is 0. The standard InChI is InChI=1S/C17H14F2O2/c18-14-7-3-12(4-8-14)17(20,16-2-1-11-21-16)13-5-9-15(19)10-6-13/h2-10,20H,1,11H2. The molecule has 0 saturated carbocycles. The van der Waals surface area contributed by atoms with Gasteiger partial charge in [0.15, 0.2) is 5.60 Å². The Morgan fingerprint density at radius 2 is 1.33 bits per heavy atom. The van der Waals surface area contributed by atoms with E-state index in [-0.39, 0.29) is 11.6 Å². The average molecular weight is 288 g/mol. The molecule has 2 nitrogen and oxygen atoms in total. The minimum atomic E-state index is -1.54. The van der Waals surface area contributed by atoms with Crippen LogP contribution < -0.4 is 0 Å². The van der Waals surface area contributed by atoms with Gasteiger partial charge in [0.25, 0.3) is 0 Å². The second-order valence-electron chi connectivity index (χ2n) is 4.93. The van der Waals surface area contributed by atoms with Crippen LogP contribution >= 0.6 is 0 Å². The van der Waals surface area contributed by atoms with Crippen molar-refractivity contribution < 1.29 is 18.6 Å². The van der Waals surface area contributed by atoms with E-state index in [1.807, 2.05) is 0 Å². The molecule has 3 rings (SSSR count). The van der Waals surface area contributed by atoms with Crippen molar-refractivity contribution in [3.05, 3.63) is 83.1 Å². The third-order valence-corrected chi connectivity index (χ3v) is 3.59. The molecule has 1 aliphatic rings. The number of hydrogen-bond donors (Lipinski definition) is 1. The SMILES string of the molecule is OC(C1=CCCO1)(c1ccc(F)cc1)c1ccc(F)cc1. The van der Waals surface area contributed by atoms with Crippen LogP contribution in [0.5, 0.6) is 0 Å². The average Bonchev–Trinajstić information content (AvgIpc) is 3.02. The summed E-state index contributed by atoms with van der Waals surface area (Å²) in [5, 5.41) is 11.2. The Balaban J connectivity index is 2.14. The van der Waals surface area contributed by atoms with E-state index in [1.165, 1.54) is 48.5 Å². The van der Waals surface area contributed by atoms with E-state index < -0.39 is 5.60 Å². The number of rotatable bonds is 3. The Kier molecular flexibility index (Phi) is 3.47. The van der Waals surface area contributed by atoms with Gasteiger partial charge in [-0.2, -0.15) is 0 Å². The Morgan fingerprint density at radius 1 is 0.857 bits per heavy atom. The molecule has 0 aliphatic carbocycles. The second-order valence-corrected chi connectivity index (χ2v) is 4.93. The number of hydrogen-bond acceptors (Lipinski definition) is 2. The van der Waals surface area contributed by atoms with Crippen molar-refractivity contribution in [1.29, 1.82) is 0 Å². The smallest absolute Gasteiger partial charge is 0.172 e. The van der Waals surface area contributed by atoms with E-state index in [2.05, 4.69) is 0 Å². The molecular formula is C17H14F2O2. The molecule has 0 saturated heterocycles. The summed E-state index contributed by atoms with van der Waals surface area (Å²) in [4.78, 5) is 0. The summed E-state index contributed by atoms with van der Waals surface area (Å²) in [5.41, 5.74) is -0.593. The van der Waals surface area contributed by atoms with Crippen molar-refractivity contribution in [3.63, 3.8) is 0 Å². The van der Waals surface area contributed by atoms with Crippen molar-refractivity contribution >= 4 is 0 Å². The Bertz CT molecular complexity index is 615. The van der Waals surface area contributed by atoms with E-state index in [4.69, 9.17) is 4.74 Å². The van der Waals surface area contributed by atoms with Gasteiger partial charge >= 0.3 is 0 Å². The normalized spacial score (nSPS) is 14.7. The fraction of sp³-hybridized carbons (Fsp3) is 0.176. The largest absolute Gasteiger partial charge is 0.494 e. The van der Waals surface area contributed by atoms with Crippen LogP contribution in [0, 0.1) is 11.6 Å². The molecule has 4 heteroatoms. The number of aliphatic hydroxyl groups is 1. The Labute approximate surface area is 121 Å². The summed E-state index contributed by atoms with van der Waals surface area (Å²) in [5.74, 6) is -0.385. The first kappa shape index (κ1) is 13.8. The lowest BCUT2D eigenvalue weighted by Crippen LogP contribution is -2.30. The van der Waals surface area contributed by atoms with E-state index >= 15 is 0 Å². The molecule has 0 aromatic heterocycles. The summed E-state index contributed by atoms with van der Waals surface area (Å²) in [7, 11) is 0. The zero-order chi connectivity index (χ0) is 14.9. The molecule has 0 amide bonds. The predicted octanol–water partition coefficient (Wildman–Crippen LogP) is 3.50. The maximum atomic E-state index is 13.1. The highest BCUT2D eigenvalue weighted by Crippen LogP contribution is 2.39. The summed E-state index contributed by atoms with van der Waals surface area (Å²) in [6.07, 6.45) is 2.49. The van der Waals surface area contributed by atoms with E-state index in [1.54, 1.807) is 6.08 Å². The maximum absolute atomic E-state index is 13.1. The van der Waals surface area contributed by atoms with E-state index in [0.717, 1.165) is 0 Å². The monoisotopic (exact) mass is 288 g/mol. The van der Waals surface area contributed by atoms with Crippen LogP contribution in [0.3, 0.4) is 0 Å². The number of ether oxygens (including phenoxy) is 1. The van der Waals surface area contributed by atoms with Crippen LogP contribution in [0.1, 0.15) is 17.5 Å². The van der Waals surface area contributed by atoms with Crippen LogP contribution in [0.4, 0.5) is 8.78 Å². The van der Waals surface area contributed by atoms with Crippen LogP contribution in [0.15, 0.2) is 60.4 Å². The van der Waals surface area contributed by atoms with Gasteiger partial charge < -0.3 is 9.84 Å². The summed E-state index contributed by atoms with van der Waals surface area (Å²) in [6.45, 7) is 0.486. The summed E-state index contributed by atoms with van der Waals surface area (Å²) in [6, 6.07) is 11.1. The molecule has 1 aliphatic heterocycles. The molecule has 0 bridgehead atoms. The zero-order valence-electron chi connectivity index (χ0n) is 11.2. The molecular weight excluding hydrogens is 274 g/mol. The molecule has 1 N–H and O–H groups in total. The molecule has 0 fully saturated rings. The zero-order valence-corrected chi connectivity index (χ0v) is 11.2. The maximum Gasteiger partial charge on any atom is 0.172 e. The fourth-order valence-electron chi connectivity index (χ4n) is 2.50. The minimum absolute atomic E-state index is 0.387. The van der Waals surface area contributed by atoms with Gasteiger partial charge in [-0.3, -0.25) is 0 Å². The van der Waals surface area contributed by atoms with Crippen LogP contribution in [-0.4, -0.2) is 11.7 Å². The third kappa shape index (κ3) is 2.43. The topological polar surface area (TPSA) is 29.5 Å². The van der Waals surface area contributed by atoms with Gasteiger partial charge in [-0.25, -0.2) is 8.78 Å². The third-order valence-electron chi connectivity index (χ3n) is 3.59. The lowest BCUT2D eigenvalue weighted by Gasteiger charge is -2.30. The molecule has 2 aromatic carbocycles. The predicted molar refractivity (Wildman–Crippen MR) is 74.5 cm³/mol. The van der Waals surface area contributed by atoms with E-state index in [0.29, 0.717) is 29.9 Å². The highest BCUT2D eigenvalue weighted by Gasteiger charge is 2.38. The van der Waals surface area contributed by atoms with Gasteiger partial charge in [-0.15, -0.1) is 0 Å². The van der Waals surface area contributed by atoms with Gasteiger partial charge in [-0.05, 0) is 41.5 Å². The van der Waals surface area contributed by atoms with Crippen molar-refractivity contribution in [1.82, 2.24) is 0 Å². The van der Waals surface area contributed by atoms with Gasteiger partial charge in [0.2, 0.25) is 0 Å². The Hall–Kier alpha value is -2.20. The lowest BCUT2D eigenvalue weighted by molar-refractivity contribution is 0.0499. The first-order valence-electron chi connectivity index (χ1n) is 6.68. The van der Waals surface area contributed by atoms with Crippen molar-refractivity contribution in [2.45, 2.75) is 12.0 Å². The molecule has 0 atom stereocenters. The molecule has 0 radical (unpaired) electrons. The van der Waals surface area contributed by atoms with Gasteiger partial charge in [0.1, 0.15) is 17.4 Å². The highest BCUT2D eigenvalue weighted by molar-refractivity contribution is 5.44. The van der Waals surface area contributed by atoms with Crippen molar-refractivity contribution in [3.8, 4) is 0 Å². The Morgan fingerprint density at radius 3 is 1.71 bits per heavy atom. The fourth-order valence-corrected chi connectivity index (χ4v) is 2.50. The summed E-state index contributed by atoms with van der Waals surface area (Å²) < 4.78 is 31.8. The molecule has 21 heavy (non-hydrogen) atoms. The molecule has 2 aromatic rings. The second kappa shape index (κ2) is 5.30.